The molecule has 1 amide bonds. The van der Waals surface area contributed by atoms with E-state index >= 15 is 0 Å². The fourth-order valence-electron chi connectivity index (χ4n) is 4.58. The summed E-state index contributed by atoms with van der Waals surface area (Å²) in [5.41, 5.74) is 1.48. The molecule has 2 aromatic carbocycles. The average Bonchev–Trinajstić information content (AvgIpc) is 3.40. The Bertz CT molecular complexity index is 2020. The van der Waals surface area contributed by atoms with Crippen molar-refractivity contribution in [2.45, 2.75) is 19.6 Å². The van der Waals surface area contributed by atoms with Gasteiger partial charge in [0.1, 0.15) is 24.3 Å². The highest BCUT2D eigenvalue weighted by atomic mass is 35.5. The van der Waals surface area contributed by atoms with Crippen LogP contribution in [-0.4, -0.2) is 34.2 Å². The molecule has 0 unspecified atom stereocenters. The Balaban J connectivity index is 1.49. The van der Waals surface area contributed by atoms with Gasteiger partial charge in [-0.25, -0.2) is 10.5 Å². The van der Waals surface area contributed by atoms with E-state index < -0.39 is 33.8 Å². The van der Waals surface area contributed by atoms with Crippen molar-refractivity contribution in [1.82, 2.24) is 20.0 Å². The van der Waals surface area contributed by atoms with Gasteiger partial charge in [0.05, 0.1) is 56.5 Å². The summed E-state index contributed by atoms with van der Waals surface area (Å²) >= 11 is 13.5. The van der Waals surface area contributed by atoms with Crippen molar-refractivity contribution >= 4 is 61.6 Å². The summed E-state index contributed by atoms with van der Waals surface area (Å²) in [4.78, 5) is 39.0. The molecule has 1 N–H and O–H groups in total. The van der Waals surface area contributed by atoms with Crippen molar-refractivity contribution < 1.29 is 27.5 Å². The minimum absolute atomic E-state index is 0.0503. The molecule has 3 heterocycles. The van der Waals surface area contributed by atoms with E-state index in [-0.39, 0.29) is 29.9 Å². The Morgan fingerprint density at radius 2 is 1.98 bits per heavy atom. The highest BCUT2D eigenvalue weighted by molar-refractivity contribution is 7.18. The molecular weight excluding hydrogens is 630 g/mol. The van der Waals surface area contributed by atoms with Crippen LogP contribution in [0.3, 0.4) is 0 Å². The number of nitrogens with zero attached hydrogens (tertiary/aromatic N) is 4. The lowest BCUT2D eigenvalue weighted by Gasteiger charge is -2.16. The maximum Gasteiger partial charge on any atom is 0.417 e. The number of nitriles is 1. The molecule has 0 radical (unpaired) electrons. The Hall–Kier alpha value is -4.22. The largest absolute Gasteiger partial charge is 0.491 e. The summed E-state index contributed by atoms with van der Waals surface area (Å²) in [6.45, 7) is 1.36. The SMILES string of the molecule is CONC(=O)c1csc2c(-c3cc(Cl)ccc3OCCn3c(C)nc4cc(C(F)(F)F)c(Cl)c(C#N)c4c3=O)ccnc12. The predicted octanol–water partition coefficient (Wildman–Crippen LogP) is 6.55. The number of thiophene rings is 1. The van der Waals surface area contributed by atoms with E-state index in [1.807, 2.05) is 0 Å². The van der Waals surface area contributed by atoms with Crippen LogP contribution in [0.2, 0.25) is 10.0 Å². The molecule has 0 saturated carbocycles. The molecule has 0 spiro atoms. The topological polar surface area (TPSA) is 119 Å². The lowest BCUT2D eigenvalue weighted by Crippen LogP contribution is -2.27. The molecule has 9 nitrogen and oxygen atoms in total. The number of benzene rings is 2. The molecule has 15 heteroatoms. The molecule has 0 aliphatic rings. The Morgan fingerprint density at radius 1 is 1.21 bits per heavy atom. The normalized spacial score (nSPS) is 11.6. The number of aromatic nitrogens is 3. The molecule has 0 atom stereocenters. The number of amides is 1. The molecule has 0 saturated heterocycles. The standard InChI is InChI=1S/C28H18Cl2F3N5O4S/c1-13-36-20-10-19(28(31,32)33)23(30)17(11-34)22(20)27(40)38(13)7-8-42-21-4-3-14(29)9-16(21)15-5-6-35-24-18(12-43-25(15)24)26(39)37-41-2/h3-6,9-10,12H,7-8H2,1-2H3,(H,37,39). The van der Waals surface area contributed by atoms with Crippen LogP contribution in [0, 0.1) is 18.3 Å². The first-order valence-corrected chi connectivity index (χ1v) is 13.9. The number of hydrogen-bond acceptors (Lipinski definition) is 8. The first kappa shape index (κ1) is 30.2. The lowest BCUT2D eigenvalue weighted by molar-refractivity contribution is -0.137. The van der Waals surface area contributed by atoms with Gasteiger partial charge in [-0.2, -0.15) is 18.4 Å². The summed E-state index contributed by atoms with van der Waals surface area (Å²) in [5.74, 6) is 0.0672. The van der Waals surface area contributed by atoms with E-state index in [2.05, 4.69) is 15.4 Å². The van der Waals surface area contributed by atoms with Crippen molar-refractivity contribution in [3.63, 3.8) is 0 Å². The molecule has 220 valence electrons. The number of hydrogen-bond donors (Lipinski definition) is 1. The van der Waals surface area contributed by atoms with Crippen LogP contribution in [0.5, 0.6) is 5.75 Å². The van der Waals surface area contributed by atoms with Crippen LogP contribution >= 0.6 is 34.5 Å². The second-order valence-corrected chi connectivity index (χ2v) is 10.7. The summed E-state index contributed by atoms with van der Waals surface area (Å²) in [6, 6.07) is 8.99. The number of halogens is 5. The first-order chi connectivity index (χ1) is 20.5. The van der Waals surface area contributed by atoms with Gasteiger partial charge >= 0.3 is 6.18 Å². The summed E-state index contributed by atoms with van der Waals surface area (Å²) in [6.07, 6.45) is -3.29. The van der Waals surface area contributed by atoms with E-state index in [4.69, 9.17) is 32.8 Å². The maximum atomic E-state index is 13.5. The molecule has 0 bridgehead atoms. The number of carbonyl (C=O) groups excluding carboxylic acids is 1. The van der Waals surface area contributed by atoms with Crippen molar-refractivity contribution in [1.29, 1.82) is 5.26 Å². The lowest BCUT2D eigenvalue weighted by atomic mass is 10.0. The maximum absolute atomic E-state index is 13.5. The minimum atomic E-state index is -4.84. The highest BCUT2D eigenvalue weighted by Crippen LogP contribution is 2.40. The van der Waals surface area contributed by atoms with Gasteiger partial charge < -0.3 is 4.74 Å². The van der Waals surface area contributed by atoms with Gasteiger partial charge in [-0.05, 0) is 37.3 Å². The van der Waals surface area contributed by atoms with Crippen molar-refractivity contribution in [2.24, 2.45) is 0 Å². The Labute approximate surface area is 255 Å². The van der Waals surface area contributed by atoms with Crippen LogP contribution in [-0.2, 0) is 17.6 Å². The van der Waals surface area contributed by atoms with E-state index in [9.17, 15) is 28.0 Å². The number of pyridine rings is 1. The Morgan fingerprint density at radius 3 is 2.67 bits per heavy atom. The molecule has 3 aromatic heterocycles. The predicted molar refractivity (Wildman–Crippen MR) is 156 cm³/mol. The third-order valence-corrected chi connectivity index (χ3v) is 8.12. The molecule has 5 aromatic rings. The number of alkyl halides is 3. The third-order valence-electron chi connectivity index (χ3n) is 6.49. The second-order valence-electron chi connectivity index (χ2n) is 9.04. The second kappa shape index (κ2) is 11.8. The van der Waals surface area contributed by atoms with Gasteiger partial charge in [-0.3, -0.25) is 24.0 Å². The van der Waals surface area contributed by atoms with Crippen LogP contribution in [0.4, 0.5) is 13.2 Å². The van der Waals surface area contributed by atoms with E-state index in [0.717, 1.165) is 0 Å². The van der Waals surface area contributed by atoms with E-state index in [1.54, 1.807) is 41.9 Å². The number of aryl methyl sites for hydroxylation is 1. The molecule has 5 rings (SSSR count). The van der Waals surface area contributed by atoms with Crippen molar-refractivity contribution in [3.05, 3.63) is 84.8 Å². The zero-order valence-electron chi connectivity index (χ0n) is 22.2. The van der Waals surface area contributed by atoms with Gasteiger partial charge in [0, 0.05) is 27.7 Å². The number of carbonyl (C=O) groups is 1. The van der Waals surface area contributed by atoms with Gasteiger partial charge in [-0.15, -0.1) is 11.3 Å². The molecular formula is C28H18Cl2F3N5O4S. The molecule has 43 heavy (non-hydrogen) atoms. The van der Waals surface area contributed by atoms with Crippen molar-refractivity contribution in [2.75, 3.05) is 13.7 Å². The number of hydroxylamine groups is 1. The van der Waals surface area contributed by atoms with Gasteiger partial charge in [0.25, 0.3) is 11.5 Å². The zero-order valence-corrected chi connectivity index (χ0v) is 24.5. The molecule has 0 aliphatic heterocycles. The highest BCUT2D eigenvalue weighted by Gasteiger charge is 2.36. The number of fused-ring (bicyclic) bond motifs is 2. The first-order valence-electron chi connectivity index (χ1n) is 12.3. The average molecular weight is 648 g/mol. The fourth-order valence-corrected chi connectivity index (χ4v) is 6.08. The van der Waals surface area contributed by atoms with Crippen LogP contribution in [0.15, 0.2) is 46.7 Å². The van der Waals surface area contributed by atoms with Crippen LogP contribution < -0.4 is 15.8 Å². The summed E-state index contributed by atoms with van der Waals surface area (Å²) in [7, 11) is 1.33. The van der Waals surface area contributed by atoms with Crippen LogP contribution in [0.25, 0.3) is 32.2 Å². The monoisotopic (exact) mass is 647 g/mol. The summed E-state index contributed by atoms with van der Waals surface area (Å²) < 4.78 is 48.4. The van der Waals surface area contributed by atoms with E-state index in [1.165, 1.54) is 29.9 Å². The van der Waals surface area contributed by atoms with Crippen molar-refractivity contribution in [3.8, 4) is 22.9 Å². The van der Waals surface area contributed by atoms with Crippen LogP contribution in [0.1, 0.15) is 27.3 Å². The molecule has 0 aliphatic carbocycles. The quantitative estimate of drug-likeness (QED) is 0.199. The van der Waals surface area contributed by atoms with E-state index in [0.29, 0.717) is 43.7 Å². The van der Waals surface area contributed by atoms with Gasteiger partial charge in [0.15, 0.2) is 0 Å². The number of nitrogens with one attached hydrogen (secondary N) is 1. The molecule has 0 fully saturated rings. The van der Waals surface area contributed by atoms with Gasteiger partial charge in [-0.1, -0.05) is 23.2 Å². The smallest absolute Gasteiger partial charge is 0.417 e. The summed E-state index contributed by atoms with van der Waals surface area (Å²) in [5, 5.41) is 10.5. The van der Waals surface area contributed by atoms with Gasteiger partial charge in [0.2, 0.25) is 0 Å². The zero-order chi connectivity index (χ0) is 31.1. The third kappa shape index (κ3) is 5.62. The fraction of sp³-hybridized carbons (Fsp3) is 0.179. The number of rotatable bonds is 7. The minimum Gasteiger partial charge on any atom is -0.491 e. The number of ether oxygens (including phenoxy) is 1. The Kier molecular flexibility index (Phi) is 8.31.